The lowest BCUT2D eigenvalue weighted by molar-refractivity contribution is -0.116. The number of anilines is 1. The summed E-state index contributed by atoms with van der Waals surface area (Å²) >= 11 is 5.94. The molecule has 0 saturated carbocycles. The van der Waals surface area contributed by atoms with Crippen molar-refractivity contribution in [3.05, 3.63) is 98.4 Å². The van der Waals surface area contributed by atoms with E-state index >= 15 is 0 Å². The van der Waals surface area contributed by atoms with Gasteiger partial charge in [0.2, 0.25) is 5.91 Å². The third kappa shape index (κ3) is 3.99. The summed E-state index contributed by atoms with van der Waals surface area (Å²) in [7, 11) is 0. The molecule has 4 aromatic rings. The SMILES string of the molecule is O=C(Cn1c(=O)n(Cc2ccccc2)c(=O)c2nccnc21)Nc1cccc(Cl)c1. The van der Waals surface area contributed by atoms with E-state index in [0.29, 0.717) is 10.7 Å². The van der Waals surface area contributed by atoms with Crippen molar-refractivity contribution in [2.24, 2.45) is 0 Å². The van der Waals surface area contributed by atoms with E-state index in [1.165, 1.54) is 12.4 Å². The number of benzene rings is 2. The summed E-state index contributed by atoms with van der Waals surface area (Å²) in [5.74, 6) is -0.462. The number of amides is 1. The molecule has 0 bridgehead atoms. The third-order valence-corrected chi connectivity index (χ3v) is 4.67. The number of nitrogens with zero attached hydrogens (tertiary/aromatic N) is 4. The van der Waals surface area contributed by atoms with Gasteiger partial charge in [-0.1, -0.05) is 48.0 Å². The molecule has 1 N–H and O–H groups in total. The average Bonchev–Trinajstić information content (AvgIpc) is 2.75. The Morgan fingerprint density at radius 3 is 2.50 bits per heavy atom. The standard InChI is InChI=1S/C21H16ClN5O3/c22-15-7-4-8-16(11-15)25-17(28)13-26-19-18(23-9-10-24-19)20(29)27(21(26)30)12-14-5-2-1-3-6-14/h1-11H,12-13H2,(H,25,28). The Balaban J connectivity index is 1.76. The molecule has 0 saturated heterocycles. The highest BCUT2D eigenvalue weighted by Gasteiger charge is 2.17. The number of halogens is 1. The number of hydrogen-bond acceptors (Lipinski definition) is 5. The van der Waals surface area contributed by atoms with Crippen LogP contribution in [0, 0.1) is 0 Å². The Labute approximate surface area is 175 Å². The molecule has 0 aliphatic carbocycles. The van der Waals surface area contributed by atoms with E-state index in [1.54, 1.807) is 24.3 Å². The van der Waals surface area contributed by atoms with Crippen LogP contribution in [-0.4, -0.2) is 25.0 Å². The van der Waals surface area contributed by atoms with Crippen molar-refractivity contribution in [3.8, 4) is 0 Å². The third-order valence-electron chi connectivity index (χ3n) is 4.44. The van der Waals surface area contributed by atoms with E-state index in [4.69, 9.17) is 11.6 Å². The smallest absolute Gasteiger partial charge is 0.324 e. The van der Waals surface area contributed by atoms with Crippen LogP contribution in [0.1, 0.15) is 5.56 Å². The molecule has 0 aliphatic rings. The fraction of sp³-hybridized carbons (Fsp3) is 0.0952. The van der Waals surface area contributed by atoms with E-state index in [0.717, 1.165) is 14.7 Å². The quantitative estimate of drug-likeness (QED) is 0.533. The second-order valence-corrected chi connectivity index (χ2v) is 6.97. The maximum absolute atomic E-state index is 13.1. The topological polar surface area (TPSA) is 98.9 Å². The summed E-state index contributed by atoms with van der Waals surface area (Å²) < 4.78 is 2.20. The van der Waals surface area contributed by atoms with Crippen LogP contribution < -0.4 is 16.6 Å². The van der Waals surface area contributed by atoms with Gasteiger partial charge in [0.1, 0.15) is 6.54 Å². The van der Waals surface area contributed by atoms with Crippen molar-refractivity contribution in [1.29, 1.82) is 0 Å². The minimum Gasteiger partial charge on any atom is -0.324 e. The lowest BCUT2D eigenvalue weighted by Crippen LogP contribution is -2.42. The summed E-state index contributed by atoms with van der Waals surface area (Å²) in [6.45, 7) is -0.281. The van der Waals surface area contributed by atoms with Crippen molar-refractivity contribution in [2.45, 2.75) is 13.1 Å². The van der Waals surface area contributed by atoms with E-state index in [1.807, 2.05) is 30.3 Å². The van der Waals surface area contributed by atoms with Crippen LogP contribution in [-0.2, 0) is 17.9 Å². The maximum Gasteiger partial charge on any atom is 0.333 e. The second kappa shape index (κ2) is 8.30. The number of aromatic nitrogens is 4. The summed E-state index contributed by atoms with van der Waals surface area (Å²) in [5.41, 5.74) is 0.140. The van der Waals surface area contributed by atoms with Crippen LogP contribution >= 0.6 is 11.6 Å². The van der Waals surface area contributed by atoms with Crippen LogP contribution in [0.4, 0.5) is 5.69 Å². The molecule has 4 rings (SSSR count). The highest BCUT2D eigenvalue weighted by Crippen LogP contribution is 2.15. The second-order valence-electron chi connectivity index (χ2n) is 6.53. The number of rotatable bonds is 5. The zero-order chi connectivity index (χ0) is 21.1. The molecular weight excluding hydrogens is 406 g/mol. The molecule has 150 valence electrons. The average molecular weight is 422 g/mol. The Kier molecular flexibility index (Phi) is 5.40. The molecule has 0 aliphatic heterocycles. The summed E-state index contributed by atoms with van der Waals surface area (Å²) in [6, 6.07) is 15.8. The number of hydrogen-bond donors (Lipinski definition) is 1. The number of fused-ring (bicyclic) bond motifs is 1. The van der Waals surface area contributed by atoms with Crippen LogP contribution in [0.2, 0.25) is 5.02 Å². The number of carbonyl (C=O) groups excluding carboxylic acids is 1. The maximum atomic E-state index is 13.1. The molecule has 8 nitrogen and oxygen atoms in total. The fourth-order valence-corrected chi connectivity index (χ4v) is 3.28. The first kappa shape index (κ1) is 19.5. The van der Waals surface area contributed by atoms with Gasteiger partial charge in [-0.2, -0.15) is 0 Å². The number of nitrogens with one attached hydrogen (secondary N) is 1. The van der Waals surface area contributed by atoms with E-state index in [2.05, 4.69) is 15.3 Å². The Bertz CT molecular complexity index is 1350. The highest BCUT2D eigenvalue weighted by atomic mass is 35.5. The Morgan fingerprint density at radius 2 is 1.73 bits per heavy atom. The molecule has 2 aromatic carbocycles. The fourth-order valence-electron chi connectivity index (χ4n) is 3.09. The minimum atomic E-state index is -0.641. The molecule has 0 unspecified atom stereocenters. The molecule has 9 heteroatoms. The Hall–Kier alpha value is -3.78. The zero-order valence-corrected chi connectivity index (χ0v) is 16.4. The molecule has 0 spiro atoms. The molecule has 0 radical (unpaired) electrons. The van der Waals surface area contributed by atoms with Gasteiger partial charge in [0.05, 0.1) is 6.54 Å². The van der Waals surface area contributed by atoms with Crippen LogP contribution in [0.15, 0.2) is 76.6 Å². The van der Waals surface area contributed by atoms with Gasteiger partial charge in [0, 0.05) is 23.1 Å². The van der Waals surface area contributed by atoms with Gasteiger partial charge in [-0.05, 0) is 23.8 Å². The molecule has 0 atom stereocenters. The van der Waals surface area contributed by atoms with Crippen molar-refractivity contribution in [1.82, 2.24) is 19.1 Å². The summed E-state index contributed by atoms with van der Waals surface area (Å²) in [4.78, 5) is 46.7. The number of carbonyl (C=O) groups is 1. The van der Waals surface area contributed by atoms with Crippen molar-refractivity contribution < 1.29 is 4.79 Å². The van der Waals surface area contributed by atoms with Gasteiger partial charge in [-0.25, -0.2) is 14.8 Å². The van der Waals surface area contributed by atoms with Gasteiger partial charge in [0.15, 0.2) is 11.2 Å². The first-order chi connectivity index (χ1) is 14.5. The van der Waals surface area contributed by atoms with Crippen molar-refractivity contribution in [2.75, 3.05) is 5.32 Å². The van der Waals surface area contributed by atoms with Gasteiger partial charge in [-0.3, -0.25) is 18.7 Å². The van der Waals surface area contributed by atoms with E-state index in [-0.39, 0.29) is 24.3 Å². The Morgan fingerprint density at radius 1 is 0.967 bits per heavy atom. The zero-order valence-electron chi connectivity index (χ0n) is 15.7. The predicted molar refractivity (Wildman–Crippen MR) is 114 cm³/mol. The van der Waals surface area contributed by atoms with Gasteiger partial charge in [-0.15, -0.1) is 0 Å². The van der Waals surface area contributed by atoms with Crippen molar-refractivity contribution >= 4 is 34.4 Å². The molecule has 0 fully saturated rings. The summed E-state index contributed by atoms with van der Waals surface area (Å²) in [6.07, 6.45) is 2.74. The van der Waals surface area contributed by atoms with Crippen LogP contribution in [0.25, 0.3) is 11.2 Å². The molecular formula is C21H16ClN5O3. The van der Waals surface area contributed by atoms with E-state index in [9.17, 15) is 14.4 Å². The van der Waals surface area contributed by atoms with Gasteiger partial charge >= 0.3 is 5.69 Å². The monoisotopic (exact) mass is 421 g/mol. The summed E-state index contributed by atoms with van der Waals surface area (Å²) in [5, 5.41) is 3.16. The largest absolute Gasteiger partial charge is 0.333 e. The first-order valence-electron chi connectivity index (χ1n) is 9.06. The molecule has 30 heavy (non-hydrogen) atoms. The molecule has 2 aromatic heterocycles. The minimum absolute atomic E-state index is 0.0172. The van der Waals surface area contributed by atoms with Crippen LogP contribution in [0.5, 0.6) is 0 Å². The molecule has 1 amide bonds. The van der Waals surface area contributed by atoms with E-state index < -0.39 is 17.2 Å². The highest BCUT2D eigenvalue weighted by molar-refractivity contribution is 6.30. The lowest BCUT2D eigenvalue weighted by atomic mass is 10.2. The van der Waals surface area contributed by atoms with Gasteiger partial charge in [0.25, 0.3) is 5.56 Å². The first-order valence-corrected chi connectivity index (χ1v) is 9.44. The van der Waals surface area contributed by atoms with Gasteiger partial charge < -0.3 is 5.32 Å². The van der Waals surface area contributed by atoms with Crippen molar-refractivity contribution in [3.63, 3.8) is 0 Å². The van der Waals surface area contributed by atoms with Crippen LogP contribution in [0.3, 0.4) is 0 Å². The molecule has 2 heterocycles. The predicted octanol–water partition coefficient (Wildman–Crippen LogP) is 2.29. The lowest BCUT2D eigenvalue weighted by Gasteiger charge is -2.13. The normalized spacial score (nSPS) is 10.8.